The van der Waals surface area contributed by atoms with Crippen LogP contribution < -0.4 is 9.64 Å². The molecule has 1 saturated heterocycles. The van der Waals surface area contributed by atoms with Gasteiger partial charge in [0.25, 0.3) is 5.91 Å². The van der Waals surface area contributed by atoms with Crippen molar-refractivity contribution in [2.45, 2.75) is 12.5 Å². The molecule has 0 saturated carbocycles. The van der Waals surface area contributed by atoms with Crippen LogP contribution in [0.3, 0.4) is 0 Å². The van der Waals surface area contributed by atoms with Crippen LogP contribution in [-0.2, 0) is 0 Å². The highest BCUT2D eigenvalue weighted by Gasteiger charge is 2.30. The molecule has 0 aliphatic carbocycles. The second-order valence-electron chi connectivity index (χ2n) is 5.51. The minimum absolute atomic E-state index is 0.0862. The molecule has 7 nitrogen and oxygen atoms in total. The average molecular weight is 381 g/mol. The molecular formula is C15H17BrN4O3. The van der Waals surface area contributed by atoms with Gasteiger partial charge >= 0.3 is 0 Å². The third-order valence-electron chi connectivity index (χ3n) is 3.59. The summed E-state index contributed by atoms with van der Waals surface area (Å²) in [6.07, 6.45) is 0.668. The summed E-state index contributed by atoms with van der Waals surface area (Å²) in [6.45, 7) is 1.14. The molecule has 2 aromatic heterocycles. The SMILES string of the molecule is CN(C)c1ccc(OC2CCN(C(=O)c3ccc(Br)o3)C2)nn1. The number of hydrogen-bond donors (Lipinski definition) is 0. The average Bonchev–Trinajstić information content (AvgIpc) is 3.16. The lowest BCUT2D eigenvalue weighted by Gasteiger charge is -2.16. The highest BCUT2D eigenvalue weighted by Crippen LogP contribution is 2.21. The van der Waals surface area contributed by atoms with Crippen LogP contribution in [0.1, 0.15) is 17.0 Å². The summed E-state index contributed by atoms with van der Waals surface area (Å²) < 4.78 is 11.7. The van der Waals surface area contributed by atoms with Crippen LogP contribution in [0.5, 0.6) is 5.88 Å². The third-order valence-corrected chi connectivity index (χ3v) is 4.01. The Bertz CT molecular complexity index is 686. The van der Waals surface area contributed by atoms with Crippen molar-refractivity contribution in [3.05, 3.63) is 34.7 Å². The van der Waals surface area contributed by atoms with Gasteiger partial charge in [-0.3, -0.25) is 4.79 Å². The highest BCUT2D eigenvalue weighted by molar-refractivity contribution is 9.10. The Hall–Kier alpha value is -2.09. The fourth-order valence-electron chi connectivity index (χ4n) is 2.38. The zero-order valence-electron chi connectivity index (χ0n) is 12.9. The van der Waals surface area contributed by atoms with Crippen LogP contribution in [0.15, 0.2) is 33.4 Å². The molecule has 2 aromatic rings. The summed E-state index contributed by atoms with van der Waals surface area (Å²) in [5.41, 5.74) is 0. The van der Waals surface area contributed by atoms with Crippen molar-refractivity contribution in [2.24, 2.45) is 0 Å². The number of amides is 1. The number of rotatable bonds is 4. The van der Waals surface area contributed by atoms with Gasteiger partial charge in [-0.25, -0.2) is 0 Å². The lowest BCUT2D eigenvalue weighted by atomic mass is 10.3. The number of hydrogen-bond acceptors (Lipinski definition) is 6. The number of likely N-dealkylation sites (tertiary alicyclic amines) is 1. The van der Waals surface area contributed by atoms with Crippen molar-refractivity contribution in [3.63, 3.8) is 0 Å². The minimum Gasteiger partial charge on any atom is -0.471 e. The first-order valence-corrected chi connectivity index (χ1v) is 8.04. The molecule has 1 aliphatic rings. The fraction of sp³-hybridized carbons (Fsp3) is 0.400. The van der Waals surface area contributed by atoms with E-state index in [4.69, 9.17) is 9.15 Å². The van der Waals surface area contributed by atoms with Gasteiger partial charge in [0.15, 0.2) is 16.2 Å². The number of carbonyl (C=O) groups is 1. The number of furan rings is 1. The topological polar surface area (TPSA) is 71.7 Å². The van der Waals surface area contributed by atoms with Crippen molar-refractivity contribution in [1.82, 2.24) is 15.1 Å². The van der Waals surface area contributed by atoms with Crippen LogP contribution in [-0.4, -0.2) is 54.3 Å². The summed E-state index contributed by atoms with van der Waals surface area (Å²) in [6, 6.07) is 7.00. The van der Waals surface area contributed by atoms with Crippen LogP contribution in [0, 0.1) is 0 Å². The number of nitrogens with zero attached hydrogens (tertiary/aromatic N) is 4. The molecule has 3 heterocycles. The van der Waals surface area contributed by atoms with Gasteiger partial charge in [-0.2, -0.15) is 0 Å². The Morgan fingerprint density at radius 2 is 2.17 bits per heavy atom. The summed E-state index contributed by atoms with van der Waals surface area (Å²) >= 11 is 3.20. The molecule has 8 heteroatoms. The van der Waals surface area contributed by atoms with E-state index in [1.165, 1.54) is 0 Å². The molecule has 0 aromatic carbocycles. The van der Waals surface area contributed by atoms with E-state index < -0.39 is 0 Å². The normalized spacial score (nSPS) is 17.3. The van der Waals surface area contributed by atoms with Gasteiger partial charge in [-0.05, 0) is 34.1 Å². The lowest BCUT2D eigenvalue weighted by Crippen LogP contribution is -2.30. The van der Waals surface area contributed by atoms with E-state index in [1.54, 1.807) is 23.1 Å². The maximum absolute atomic E-state index is 12.3. The summed E-state index contributed by atoms with van der Waals surface area (Å²) in [7, 11) is 3.80. The maximum atomic E-state index is 12.3. The van der Waals surface area contributed by atoms with E-state index in [1.807, 2.05) is 25.1 Å². The smallest absolute Gasteiger partial charge is 0.289 e. The van der Waals surface area contributed by atoms with Crippen LogP contribution in [0.2, 0.25) is 0 Å². The standard InChI is InChI=1S/C15H17BrN4O3/c1-19(2)13-5-6-14(18-17-13)22-10-7-8-20(9-10)15(21)11-3-4-12(16)23-11/h3-6,10H,7-9H2,1-2H3. The van der Waals surface area contributed by atoms with Gasteiger partial charge in [0.05, 0.1) is 6.54 Å². The molecule has 0 radical (unpaired) electrons. The molecule has 1 aliphatic heterocycles. The molecule has 23 heavy (non-hydrogen) atoms. The van der Waals surface area contributed by atoms with E-state index in [0.717, 1.165) is 12.2 Å². The van der Waals surface area contributed by atoms with E-state index >= 15 is 0 Å². The van der Waals surface area contributed by atoms with Crippen molar-refractivity contribution in [2.75, 3.05) is 32.1 Å². The van der Waals surface area contributed by atoms with Gasteiger partial charge < -0.3 is 19.0 Å². The number of carbonyl (C=O) groups excluding carboxylic acids is 1. The maximum Gasteiger partial charge on any atom is 0.289 e. The zero-order chi connectivity index (χ0) is 16.4. The number of anilines is 1. The molecular weight excluding hydrogens is 364 g/mol. The Kier molecular flexibility index (Phi) is 4.51. The fourth-order valence-corrected chi connectivity index (χ4v) is 2.69. The molecule has 1 unspecified atom stereocenters. The van der Waals surface area contributed by atoms with Crippen LogP contribution in [0.25, 0.3) is 0 Å². The van der Waals surface area contributed by atoms with Gasteiger partial charge in [-0.15, -0.1) is 10.2 Å². The Morgan fingerprint density at radius 1 is 1.35 bits per heavy atom. The third kappa shape index (κ3) is 3.64. The Labute approximate surface area is 142 Å². The van der Waals surface area contributed by atoms with Gasteiger partial charge in [-0.1, -0.05) is 0 Å². The van der Waals surface area contributed by atoms with Crippen molar-refractivity contribution < 1.29 is 13.9 Å². The first-order valence-electron chi connectivity index (χ1n) is 7.25. The van der Waals surface area contributed by atoms with Crippen LogP contribution >= 0.6 is 15.9 Å². The second kappa shape index (κ2) is 6.57. The van der Waals surface area contributed by atoms with Crippen molar-refractivity contribution in [3.8, 4) is 5.88 Å². The summed E-state index contributed by atoms with van der Waals surface area (Å²) in [5, 5.41) is 8.13. The second-order valence-corrected chi connectivity index (χ2v) is 6.29. The predicted octanol–water partition coefficient (Wildman–Crippen LogP) is 2.19. The first-order chi connectivity index (χ1) is 11.0. The molecule has 1 atom stereocenters. The molecule has 0 N–H and O–H groups in total. The van der Waals surface area contributed by atoms with Gasteiger partial charge in [0.1, 0.15) is 6.10 Å². The number of aromatic nitrogens is 2. The minimum atomic E-state index is -0.129. The zero-order valence-corrected chi connectivity index (χ0v) is 14.5. The van der Waals surface area contributed by atoms with Crippen LogP contribution in [0.4, 0.5) is 5.82 Å². The molecule has 0 bridgehead atoms. The summed E-state index contributed by atoms with van der Waals surface area (Å²) in [4.78, 5) is 15.9. The van der Waals surface area contributed by atoms with E-state index in [-0.39, 0.29) is 12.0 Å². The first kappa shape index (κ1) is 15.8. The van der Waals surface area contributed by atoms with E-state index in [0.29, 0.717) is 29.4 Å². The summed E-state index contributed by atoms with van der Waals surface area (Å²) in [5.74, 6) is 1.43. The highest BCUT2D eigenvalue weighted by atomic mass is 79.9. The molecule has 3 rings (SSSR count). The number of halogens is 1. The van der Waals surface area contributed by atoms with Gasteiger partial charge in [0, 0.05) is 33.1 Å². The molecule has 1 fully saturated rings. The molecule has 122 valence electrons. The predicted molar refractivity (Wildman–Crippen MR) is 87.7 cm³/mol. The quantitative estimate of drug-likeness (QED) is 0.809. The van der Waals surface area contributed by atoms with Crippen molar-refractivity contribution >= 4 is 27.7 Å². The number of ether oxygens (including phenoxy) is 1. The molecule has 1 amide bonds. The Morgan fingerprint density at radius 3 is 2.78 bits per heavy atom. The monoisotopic (exact) mass is 380 g/mol. The van der Waals surface area contributed by atoms with E-state index in [2.05, 4.69) is 26.1 Å². The largest absolute Gasteiger partial charge is 0.471 e. The Balaban J connectivity index is 1.58. The van der Waals surface area contributed by atoms with E-state index in [9.17, 15) is 4.79 Å². The molecule has 0 spiro atoms. The van der Waals surface area contributed by atoms with Crippen molar-refractivity contribution in [1.29, 1.82) is 0 Å². The lowest BCUT2D eigenvalue weighted by molar-refractivity contribution is 0.0738. The van der Waals surface area contributed by atoms with Gasteiger partial charge in [0.2, 0.25) is 5.88 Å².